The molecular weight excluding hydrogens is 374 g/mol. The van der Waals surface area contributed by atoms with E-state index in [2.05, 4.69) is 15.3 Å². The summed E-state index contributed by atoms with van der Waals surface area (Å²) < 4.78 is 15.9. The van der Waals surface area contributed by atoms with E-state index in [1.165, 1.54) is 6.26 Å². The fourth-order valence-corrected chi connectivity index (χ4v) is 3.55. The van der Waals surface area contributed by atoms with Crippen molar-refractivity contribution in [1.29, 1.82) is 0 Å². The van der Waals surface area contributed by atoms with Crippen LogP contribution in [0.3, 0.4) is 0 Å². The normalized spacial score (nSPS) is 16.6. The van der Waals surface area contributed by atoms with Crippen LogP contribution in [0.1, 0.15) is 23.4 Å². The molecule has 0 bridgehead atoms. The van der Waals surface area contributed by atoms with Gasteiger partial charge in [0.25, 0.3) is 5.91 Å². The lowest BCUT2D eigenvalue weighted by Gasteiger charge is -2.33. The molecule has 1 saturated heterocycles. The molecule has 9 heteroatoms. The van der Waals surface area contributed by atoms with Crippen LogP contribution in [0, 0.1) is 0 Å². The molecule has 1 aliphatic heterocycles. The number of nitrogens with one attached hydrogen (secondary N) is 1. The summed E-state index contributed by atoms with van der Waals surface area (Å²) in [4.78, 5) is 23.5. The molecule has 0 unspecified atom stereocenters. The fourth-order valence-electron chi connectivity index (χ4n) is 3.55. The van der Waals surface area contributed by atoms with Gasteiger partial charge in [0, 0.05) is 30.6 Å². The second-order valence-corrected chi connectivity index (χ2v) is 6.87. The van der Waals surface area contributed by atoms with E-state index in [9.17, 15) is 4.79 Å². The molecule has 1 aromatic carbocycles. The van der Waals surface area contributed by atoms with Crippen LogP contribution in [0.15, 0.2) is 34.9 Å². The van der Waals surface area contributed by atoms with E-state index >= 15 is 0 Å². The van der Waals surface area contributed by atoms with E-state index < -0.39 is 0 Å². The summed E-state index contributed by atoms with van der Waals surface area (Å²) in [7, 11) is 3.14. The number of piperidine rings is 1. The van der Waals surface area contributed by atoms with E-state index in [0.717, 1.165) is 19.4 Å². The number of rotatable bonds is 5. The van der Waals surface area contributed by atoms with Crippen molar-refractivity contribution in [3.8, 4) is 11.5 Å². The van der Waals surface area contributed by atoms with E-state index in [1.54, 1.807) is 38.5 Å². The quantitative estimate of drug-likeness (QED) is 0.673. The van der Waals surface area contributed by atoms with Crippen molar-refractivity contribution in [1.82, 2.24) is 15.3 Å². The highest BCUT2D eigenvalue weighted by Crippen LogP contribution is 2.34. The van der Waals surface area contributed by atoms with Crippen molar-refractivity contribution >= 4 is 28.6 Å². The molecule has 4 rings (SSSR count). The lowest BCUT2D eigenvalue weighted by Crippen LogP contribution is -2.48. The smallest absolute Gasteiger partial charge is 0.287 e. The Labute approximate surface area is 167 Å². The highest BCUT2D eigenvalue weighted by molar-refractivity contribution is 5.92. The Morgan fingerprint density at radius 2 is 2.07 bits per heavy atom. The molecule has 0 spiro atoms. The van der Waals surface area contributed by atoms with Gasteiger partial charge in [-0.2, -0.15) is 4.98 Å². The van der Waals surface area contributed by atoms with Gasteiger partial charge in [-0.1, -0.05) is 0 Å². The molecule has 1 amide bonds. The minimum Gasteiger partial charge on any atom is -0.493 e. The molecule has 9 nitrogen and oxygen atoms in total. The first-order valence-electron chi connectivity index (χ1n) is 9.37. The van der Waals surface area contributed by atoms with Gasteiger partial charge >= 0.3 is 0 Å². The van der Waals surface area contributed by atoms with Crippen LogP contribution in [-0.2, 0) is 0 Å². The second kappa shape index (κ2) is 7.86. The van der Waals surface area contributed by atoms with Gasteiger partial charge in [-0.25, -0.2) is 4.98 Å². The third kappa shape index (κ3) is 3.75. The van der Waals surface area contributed by atoms with Crippen molar-refractivity contribution in [3.05, 3.63) is 36.3 Å². The second-order valence-electron chi connectivity index (χ2n) is 6.87. The van der Waals surface area contributed by atoms with Crippen LogP contribution < -0.4 is 25.4 Å². The number of amides is 1. The molecule has 3 aromatic rings. The number of carbonyl (C=O) groups is 1. The Kier molecular flexibility index (Phi) is 5.11. The van der Waals surface area contributed by atoms with Gasteiger partial charge in [0.1, 0.15) is 5.82 Å². The number of aromatic nitrogens is 2. The molecular formula is C20H23N5O4. The summed E-state index contributed by atoms with van der Waals surface area (Å²) in [6, 6.07) is 6.86. The molecule has 1 atom stereocenters. The van der Waals surface area contributed by atoms with Gasteiger partial charge in [0.05, 0.1) is 26.0 Å². The number of fused-ring (bicyclic) bond motifs is 1. The Morgan fingerprint density at radius 1 is 1.28 bits per heavy atom. The van der Waals surface area contributed by atoms with Crippen LogP contribution in [0.5, 0.6) is 11.5 Å². The van der Waals surface area contributed by atoms with Crippen LogP contribution in [0.4, 0.5) is 11.8 Å². The number of furan rings is 1. The number of hydrogen-bond acceptors (Lipinski definition) is 8. The molecule has 2 aromatic heterocycles. The summed E-state index contributed by atoms with van der Waals surface area (Å²) in [6.45, 7) is 1.37. The predicted octanol–water partition coefficient (Wildman–Crippen LogP) is 2.22. The first kappa shape index (κ1) is 18.9. The Bertz CT molecular complexity index is 1020. The van der Waals surface area contributed by atoms with Gasteiger partial charge in [0.2, 0.25) is 5.95 Å². The minimum atomic E-state index is -0.224. The number of ether oxygens (including phenoxy) is 2. The average molecular weight is 397 g/mol. The average Bonchev–Trinajstić information content (AvgIpc) is 3.28. The third-order valence-corrected chi connectivity index (χ3v) is 5.00. The first-order chi connectivity index (χ1) is 14.1. The van der Waals surface area contributed by atoms with Crippen molar-refractivity contribution in [2.24, 2.45) is 0 Å². The number of nitrogens with zero attached hydrogens (tertiary/aromatic N) is 3. The number of carbonyl (C=O) groups excluding carboxylic acids is 1. The van der Waals surface area contributed by atoms with E-state index in [4.69, 9.17) is 19.6 Å². The predicted molar refractivity (Wildman–Crippen MR) is 108 cm³/mol. The molecule has 152 valence electrons. The number of hydrogen-bond donors (Lipinski definition) is 2. The molecule has 0 saturated carbocycles. The van der Waals surface area contributed by atoms with Gasteiger partial charge < -0.3 is 29.8 Å². The number of anilines is 2. The largest absolute Gasteiger partial charge is 0.493 e. The standard InChI is InChI=1S/C20H23N5O4/c1-27-16-9-13-14(10-17(16)28-2)23-20(24-18(13)21)25-7-3-5-12(11-25)22-19(26)15-6-4-8-29-15/h4,6,8-10,12H,3,5,7,11H2,1-2H3,(H,22,26)(H2,21,23,24)/t12-/m1/s1. The lowest BCUT2D eigenvalue weighted by molar-refractivity contribution is 0.0905. The third-order valence-electron chi connectivity index (χ3n) is 5.00. The first-order valence-corrected chi connectivity index (χ1v) is 9.37. The number of nitrogens with two attached hydrogens (primary N) is 1. The zero-order valence-electron chi connectivity index (χ0n) is 16.3. The summed E-state index contributed by atoms with van der Waals surface area (Å²) in [5.74, 6) is 2.12. The van der Waals surface area contributed by atoms with Crippen molar-refractivity contribution in [2.75, 3.05) is 37.9 Å². The van der Waals surface area contributed by atoms with Gasteiger partial charge in [-0.15, -0.1) is 0 Å². The van der Waals surface area contributed by atoms with Crippen molar-refractivity contribution in [2.45, 2.75) is 18.9 Å². The van der Waals surface area contributed by atoms with E-state index in [0.29, 0.717) is 46.5 Å². The summed E-state index contributed by atoms with van der Waals surface area (Å²) >= 11 is 0. The Hall–Kier alpha value is -3.49. The monoisotopic (exact) mass is 397 g/mol. The van der Waals surface area contributed by atoms with Gasteiger partial charge in [-0.05, 0) is 31.0 Å². The Morgan fingerprint density at radius 3 is 2.79 bits per heavy atom. The SMILES string of the molecule is COc1cc2nc(N3CCC[C@@H](NC(=O)c4ccco4)C3)nc(N)c2cc1OC. The maximum Gasteiger partial charge on any atom is 0.287 e. The van der Waals surface area contributed by atoms with Crippen LogP contribution in [-0.4, -0.2) is 49.2 Å². The van der Waals surface area contributed by atoms with Crippen LogP contribution >= 0.6 is 0 Å². The Balaban J connectivity index is 1.57. The summed E-state index contributed by atoms with van der Waals surface area (Å²) in [6.07, 6.45) is 3.25. The minimum absolute atomic E-state index is 0.0349. The molecule has 3 N–H and O–H groups in total. The highest BCUT2D eigenvalue weighted by atomic mass is 16.5. The van der Waals surface area contributed by atoms with Crippen LogP contribution in [0.25, 0.3) is 10.9 Å². The van der Waals surface area contributed by atoms with E-state index in [1.807, 2.05) is 4.90 Å². The number of nitrogen functional groups attached to an aromatic ring is 1. The highest BCUT2D eigenvalue weighted by Gasteiger charge is 2.25. The number of methoxy groups -OCH3 is 2. The van der Waals surface area contributed by atoms with Crippen LogP contribution in [0.2, 0.25) is 0 Å². The lowest BCUT2D eigenvalue weighted by atomic mass is 10.1. The maximum absolute atomic E-state index is 12.3. The molecule has 3 heterocycles. The maximum atomic E-state index is 12.3. The molecule has 0 aliphatic carbocycles. The fraction of sp³-hybridized carbons (Fsp3) is 0.350. The molecule has 1 fully saturated rings. The summed E-state index contributed by atoms with van der Waals surface area (Å²) in [5, 5.41) is 3.71. The van der Waals surface area contributed by atoms with Gasteiger partial charge in [0.15, 0.2) is 17.3 Å². The van der Waals surface area contributed by atoms with Crippen molar-refractivity contribution < 1.29 is 18.7 Å². The van der Waals surface area contributed by atoms with Gasteiger partial charge in [-0.3, -0.25) is 4.79 Å². The zero-order chi connectivity index (χ0) is 20.4. The molecule has 29 heavy (non-hydrogen) atoms. The van der Waals surface area contributed by atoms with E-state index in [-0.39, 0.29) is 11.9 Å². The summed E-state index contributed by atoms with van der Waals surface area (Å²) in [5.41, 5.74) is 6.88. The molecule has 1 aliphatic rings. The topological polar surface area (TPSA) is 116 Å². The number of benzene rings is 1. The molecule has 0 radical (unpaired) electrons. The van der Waals surface area contributed by atoms with Crippen molar-refractivity contribution in [3.63, 3.8) is 0 Å². The zero-order valence-corrected chi connectivity index (χ0v) is 16.3.